The van der Waals surface area contributed by atoms with Crippen molar-refractivity contribution in [2.24, 2.45) is 35.5 Å². The third kappa shape index (κ3) is 1.43. The first kappa shape index (κ1) is 12.9. The Hall–Kier alpha value is -1.61. The quantitative estimate of drug-likeness (QED) is 0.590. The fraction of sp³-hybridized carbons (Fsp3) is 0.444. The highest BCUT2D eigenvalue weighted by atomic mass is 35.5. The van der Waals surface area contributed by atoms with Crippen LogP contribution in [0.15, 0.2) is 30.4 Å². The van der Waals surface area contributed by atoms with E-state index in [0.717, 1.165) is 5.56 Å². The maximum atomic E-state index is 12.9. The number of rotatable bonds is 1. The molecule has 0 radical (unpaired) electrons. The number of allylic oxidation sites excluding steroid dienone is 2. The minimum Gasteiger partial charge on any atom is -0.274 e. The van der Waals surface area contributed by atoms with Crippen molar-refractivity contribution in [2.45, 2.75) is 13.3 Å². The second-order valence-electron chi connectivity index (χ2n) is 7.10. The topological polar surface area (TPSA) is 37.4 Å². The van der Waals surface area contributed by atoms with Gasteiger partial charge in [-0.1, -0.05) is 29.8 Å². The summed E-state index contributed by atoms with van der Waals surface area (Å²) >= 11 is 6.18. The molecule has 112 valence electrons. The van der Waals surface area contributed by atoms with Gasteiger partial charge in [-0.25, -0.2) is 4.90 Å². The molecule has 1 aromatic carbocycles. The van der Waals surface area contributed by atoms with Gasteiger partial charge in [-0.3, -0.25) is 9.59 Å². The van der Waals surface area contributed by atoms with E-state index in [4.69, 9.17) is 11.6 Å². The molecule has 3 nitrogen and oxygen atoms in total. The highest BCUT2D eigenvalue weighted by Gasteiger charge is 2.67. The number of aryl methyl sites for hydroxylation is 1. The summed E-state index contributed by atoms with van der Waals surface area (Å²) in [5.41, 5.74) is 1.57. The van der Waals surface area contributed by atoms with E-state index in [0.29, 0.717) is 22.5 Å². The van der Waals surface area contributed by atoms with Crippen molar-refractivity contribution in [1.29, 1.82) is 0 Å². The maximum Gasteiger partial charge on any atom is 0.238 e. The number of nitrogens with zero attached hydrogens (tertiary/aromatic N) is 1. The van der Waals surface area contributed by atoms with E-state index in [9.17, 15) is 9.59 Å². The molecule has 1 saturated heterocycles. The van der Waals surface area contributed by atoms with Crippen LogP contribution in [0.1, 0.15) is 12.0 Å². The first-order valence-electron chi connectivity index (χ1n) is 7.90. The molecule has 22 heavy (non-hydrogen) atoms. The van der Waals surface area contributed by atoms with Crippen LogP contribution in [0.2, 0.25) is 5.02 Å². The van der Waals surface area contributed by atoms with E-state index in [1.54, 1.807) is 6.07 Å². The Morgan fingerprint density at radius 1 is 1.05 bits per heavy atom. The lowest BCUT2D eigenvalue weighted by Gasteiger charge is -2.37. The van der Waals surface area contributed by atoms with Gasteiger partial charge in [0.1, 0.15) is 0 Å². The maximum absolute atomic E-state index is 12.9. The van der Waals surface area contributed by atoms with E-state index < -0.39 is 0 Å². The summed E-state index contributed by atoms with van der Waals surface area (Å²) in [5.74, 6) is 1.45. The number of carbonyl (C=O) groups excluding carboxylic acids is 2. The Morgan fingerprint density at radius 2 is 1.64 bits per heavy atom. The summed E-state index contributed by atoms with van der Waals surface area (Å²) in [6, 6.07) is 5.43. The largest absolute Gasteiger partial charge is 0.274 e. The normalized spacial score (nSPS) is 40.9. The molecule has 6 rings (SSSR count). The van der Waals surface area contributed by atoms with E-state index in [2.05, 4.69) is 12.2 Å². The number of hydrogen-bond donors (Lipinski definition) is 0. The molecule has 0 aromatic heterocycles. The van der Waals surface area contributed by atoms with Gasteiger partial charge in [0.15, 0.2) is 0 Å². The lowest BCUT2D eigenvalue weighted by atomic mass is 9.63. The summed E-state index contributed by atoms with van der Waals surface area (Å²) in [7, 11) is 0. The van der Waals surface area contributed by atoms with Crippen molar-refractivity contribution in [3.05, 3.63) is 40.9 Å². The van der Waals surface area contributed by atoms with Crippen molar-refractivity contribution in [3.8, 4) is 0 Å². The summed E-state index contributed by atoms with van der Waals surface area (Å²) < 4.78 is 0. The molecule has 4 aliphatic carbocycles. The molecule has 5 aliphatic rings. The van der Waals surface area contributed by atoms with Gasteiger partial charge in [0, 0.05) is 5.02 Å². The molecule has 1 aliphatic heterocycles. The number of carbonyl (C=O) groups is 2. The van der Waals surface area contributed by atoms with Gasteiger partial charge in [-0.2, -0.15) is 0 Å². The number of benzene rings is 1. The molecule has 3 fully saturated rings. The lowest BCUT2D eigenvalue weighted by Crippen LogP contribution is -2.40. The molecule has 2 saturated carbocycles. The highest BCUT2D eigenvalue weighted by Crippen LogP contribution is 2.65. The highest BCUT2D eigenvalue weighted by molar-refractivity contribution is 6.32. The Balaban J connectivity index is 1.58. The van der Waals surface area contributed by atoms with Crippen molar-refractivity contribution in [2.75, 3.05) is 4.90 Å². The molecule has 1 aromatic rings. The average molecular weight is 314 g/mol. The molecule has 2 bridgehead atoms. The van der Waals surface area contributed by atoms with Crippen LogP contribution in [0.3, 0.4) is 0 Å². The van der Waals surface area contributed by atoms with Crippen molar-refractivity contribution in [3.63, 3.8) is 0 Å². The van der Waals surface area contributed by atoms with Crippen LogP contribution in [0.4, 0.5) is 5.69 Å². The Labute approximate surface area is 133 Å². The Morgan fingerprint density at radius 3 is 2.18 bits per heavy atom. The zero-order valence-electron chi connectivity index (χ0n) is 12.2. The van der Waals surface area contributed by atoms with Gasteiger partial charge in [-0.15, -0.1) is 0 Å². The fourth-order valence-electron chi connectivity index (χ4n) is 4.93. The van der Waals surface area contributed by atoms with Crippen LogP contribution in [-0.4, -0.2) is 11.8 Å². The van der Waals surface area contributed by atoms with E-state index >= 15 is 0 Å². The monoisotopic (exact) mass is 313 g/mol. The van der Waals surface area contributed by atoms with Gasteiger partial charge in [0.25, 0.3) is 0 Å². The first-order valence-corrected chi connectivity index (χ1v) is 8.28. The predicted molar refractivity (Wildman–Crippen MR) is 83.4 cm³/mol. The standard InChI is InChI=1S/C18H16ClNO2/c1-8-2-3-9(6-14(8)19)20-17(21)15-10-4-5-11(13-7-12(10)13)16(15)18(20)22/h2-6,10-13,15-16H,7H2,1H3/t10-,11-,12-,13-,15+,16+/m1/s1. The summed E-state index contributed by atoms with van der Waals surface area (Å²) in [6.07, 6.45) is 5.57. The third-order valence-corrected chi connectivity index (χ3v) is 6.48. The first-order chi connectivity index (χ1) is 10.6. The molecule has 1 heterocycles. The summed E-state index contributed by atoms with van der Waals surface area (Å²) in [6.45, 7) is 1.91. The van der Waals surface area contributed by atoms with E-state index in [1.807, 2.05) is 19.1 Å². The molecule has 0 spiro atoms. The van der Waals surface area contributed by atoms with Gasteiger partial charge >= 0.3 is 0 Å². The van der Waals surface area contributed by atoms with Crippen LogP contribution in [0.5, 0.6) is 0 Å². The number of amides is 2. The van der Waals surface area contributed by atoms with E-state index in [-0.39, 0.29) is 35.5 Å². The molecule has 2 amide bonds. The number of anilines is 1. The van der Waals surface area contributed by atoms with E-state index in [1.165, 1.54) is 11.3 Å². The minimum atomic E-state index is -0.147. The van der Waals surface area contributed by atoms with Crippen LogP contribution >= 0.6 is 11.6 Å². The number of hydrogen-bond acceptors (Lipinski definition) is 2. The van der Waals surface area contributed by atoms with Gasteiger partial charge in [-0.05, 0) is 54.7 Å². The molecular weight excluding hydrogens is 298 g/mol. The number of halogens is 1. The van der Waals surface area contributed by atoms with Crippen LogP contribution in [0.25, 0.3) is 0 Å². The molecular formula is C18H16ClNO2. The Bertz CT molecular complexity index is 719. The SMILES string of the molecule is Cc1ccc(N2C(=O)[C@H]3[C@@H]4C=C[C@H]([C@H]5C[C@H]45)[C@@H]3C2=O)cc1Cl. The molecule has 6 atom stereocenters. The van der Waals surface area contributed by atoms with Crippen molar-refractivity contribution in [1.82, 2.24) is 0 Å². The van der Waals surface area contributed by atoms with Crippen LogP contribution in [-0.2, 0) is 9.59 Å². The molecule has 4 heteroatoms. The van der Waals surface area contributed by atoms with Crippen molar-refractivity contribution < 1.29 is 9.59 Å². The average Bonchev–Trinajstić information content (AvgIpc) is 3.28. The number of imide groups is 1. The van der Waals surface area contributed by atoms with Crippen molar-refractivity contribution >= 4 is 29.1 Å². The second kappa shape index (κ2) is 4.02. The summed E-state index contributed by atoms with van der Waals surface area (Å²) in [4.78, 5) is 27.2. The summed E-state index contributed by atoms with van der Waals surface area (Å²) in [5, 5.41) is 0.594. The minimum absolute atomic E-state index is 0.0281. The van der Waals surface area contributed by atoms with Crippen LogP contribution < -0.4 is 4.90 Å². The third-order valence-electron chi connectivity index (χ3n) is 6.08. The molecule has 0 unspecified atom stereocenters. The lowest BCUT2D eigenvalue weighted by molar-refractivity contribution is -0.124. The zero-order valence-corrected chi connectivity index (χ0v) is 13.0. The fourth-order valence-corrected chi connectivity index (χ4v) is 5.11. The van der Waals surface area contributed by atoms with Crippen LogP contribution in [0, 0.1) is 42.4 Å². The molecule has 0 N–H and O–H groups in total. The van der Waals surface area contributed by atoms with Gasteiger partial charge < -0.3 is 0 Å². The smallest absolute Gasteiger partial charge is 0.238 e. The zero-order chi connectivity index (χ0) is 15.2. The van der Waals surface area contributed by atoms with Gasteiger partial charge in [0.2, 0.25) is 11.8 Å². The van der Waals surface area contributed by atoms with Gasteiger partial charge in [0.05, 0.1) is 17.5 Å². The Kier molecular flexibility index (Phi) is 2.35. The second-order valence-corrected chi connectivity index (χ2v) is 7.51. The predicted octanol–water partition coefficient (Wildman–Crippen LogP) is 3.21.